The number of hydrogen-bond acceptors (Lipinski definition) is 4. The standard InChI is InChI=1S/C12H17NO4/c1-6(2)4-8(14)12-16-9-5-7(3)13-11(15)10(9)17-12/h5-6,8,12,14H,4H2,1-3H3,(H,13,15). The fourth-order valence-electron chi connectivity index (χ4n) is 1.86. The van der Waals surface area contributed by atoms with Crippen LogP contribution in [0.5, 0.6) is 11.5 Å². The predicted octanol–water partition coefficient (Wildman–Crippen LogP) is 1.19. The highest BCUT2D eigenvalue weighted by Gasteiger charge is 2.33. The Kier molecular flexibility index (Phi) is 3.11. The largest absolute Gasteiger partial charge is 0.448 e. The molecule has 2 heterocycles. The molecule has 5 nitrogen and oxygen atoms in total. The van der Waals surface area contributed by atoms with Crippen LogP contribution in [0, 0.1) is 12.8 Å². The van der Waals surface area contributed by atoms with E-state index < -0.39 is 12.4 Å². The molecule has 5 heteroatoms. The van der Waals surface area contributed by atoms with E-state index in [2.05, 4.69) is 4.98 Å². The fraction of sp³-hybridized carbons (Fsp3) is 0.583. The zero-order chi connectivity index (χ0) is 12.6. The maximum Gasteiger partial charge on any atom is 0.294 e. The zero-order valence-electron chi connectivity index (χ0n) is 10.2. The molecule has 2 N–H and O–H groups in total. The van der Waals surface area contributed by atoms with Crippen LogP contribution in [-0.4, -0.2) is 22.5 Å². The monoisotopic (exact) mass is 239 g/mol. The van der Waals surface area contributed by atoms with E-state index in [9.17, 15) is 9.90 Å². The highest BCUT2D eigenvalue weighted by Crippen LogP contribution is 2.32. The topological polar surface area (TPSA) is 71.6 Å². The lowest BCUT2D eigenvalue weighted by atomic mass is 10.1. The summed E-state index contributed by atoms with van der Waals surface area (Å²) in [6, 6.07) is 1.69. The van der Waals surface area contributed by atoms with Crippen LogP contribution in [-0.2, 0) is 0 Å². The van der Waals surface area contributed by atoms with Gasteiger partial charge in [0.1, 0.15) is 6.10 Å². The summed E-state index contributed by atoms with van der Waals surface area (Å²) >= 11 is 0. The second-order valence-corrected chi connectivity index (χ2v) is 4.78. The van der Waals surface area contributed by atoms with Crippen molar-refractivity contribution in [2.75, 3.05) is 0 Å². The summed E-state index contributed by atoms with van der Waals surface area (Å²) in [6.45, 7) is 5.77. The number of H-pyrrole nitrogens is 1. The number of nitrogens with one attached hydrogen (secondary N) is 1. The summed E-state index contributed by atoms with van der Waals surface area (Å²) in [6.07, 6.45) is -0.951. The highest BCUT2D eigenvalue weighted by atomic mass is 16.7. The Morgan fingerprint density at radius 1 is 1.47 bits per heavy atom. The molecule has 1 aromatic heterocycles. The van der Waals surface area contributed by atoms with Crippen LogP contribution < -0.4 is 15.0 Å². The summed E-state index contributed by atoms with van der Waals surface area (Å²) in [5, 5.41) is 9.89. The van der Waals surface area contributed by atoms with Gasteiger partial charge in [-0.05, 0) is 19.3 Å². The van der Waals surface area contributed by atoms with Crippen molar-refractivity contribution in [1.29, 1.82) is 0 Å². The molecular formula is C12H17NO4. The number of rotatable bonds is 3. The molecule has 2 rings (SSSR count). The number of pyridine rings is 1. The molecule has 0 saturated heterocycles. The summed E-state index contributed by atoms with van der Waals surface area (Å²) in [4.78, 5) is 14.2. The molecule has 1 aliphatic heterocycles. The van der Waals surface area contributed by atoms with Gasteiger partial charge in [0.25, 0.3) is 11.8 Å². The predicted molar refractivity (Wildman–Crippen MR) is 62.3 cm³/mol. The highest BCUT2D eigenvalue weighted by molar-refractivity contribution is 5.41. The Hall–Kier alpha value is -1.49. The molecule has 0 aromatic carbocycles. The van der Waals surface area contributed by atoms with Gasteiger partial charge >= 0.3 is 0 Å². The molecule has 0 bridgehead atoms. The van der Waals surface area contributed by atoms with Gasteiger partial charge in [-0.15, -0.1) is 0 Å². The molecule has 0 fully saturated rings. The molecule has 0 saturated carbocycles. The van der Waals surface area contributed by atoms with Gasteiger partial charge in [-0.1, -0.05) is 13.8 Å². The van der Waals surface area contributed by atoms with E-state index in [-0.39, 0.29) is 11.3 Å². The first-order chi connectivity index (χ1) is 7.97. The normalized spacial score (nSPS) is 19.7. The lowest BCUT2D eigenvalue weighted by Crippen LogP contribution is -2.34. The van der Waals surface area contributed by atoms with E-state index in [0.29, 0.717) is 23.8 Å². The van der Waals surface area contributed by atoms with Crippen LogP contribution in [0.1, 0.15) is 26.0 Å². The maximum absolute atomic E-state index is 11.6. The molecular weight excluding hydrogens is 222 g/mol. The Morgan fingerprint density at radius 2 is 2.18 bits per heavy atom. The second kappa shape index (κ2) is 4.41. The van der Waals surface area contributed by atoms with Gasteiger partial charge in [-0.25, -0.2) is 0 Å². The van der Waals surface area contributed by atoms with Crippen molar-refractivity contribution in [2.24, 2.45) is 5.92 Å². The average Bonchev–Trinajstić information content (AvgIpc) is 2.60. The molecule has 2 atom stereocenters. The molecule has 0 radical (unpaired) electrons. The lowest BCUT2D eigenvalue weighted by Gasteiger charge is -2.18. The minimum Gasteiger partial charge on any atom is -0.448 e. The molecule has 0 aliphatic carbocycles. The lowest BCUT2D eigenvalue weighted by molar-refractivity contribution is -0.0664. The van der Waals surface area contributed by atoms with Gasteiger partial charge in [0.15, 0.2) is 5.75 Å². The van der Waals surface area contributed by atoms with Crippen LogP contribution >= 0.6 is 0 Å². The first kappa shape index (κ1) is 12.0. The first-order valence-electron chi connectivity index (χ1n) is 5.72. The SMILES string of the molecule is Cc1cc2c(c(=O)[nH]1)OC(C(O)CC(C)C)O2. The van der Waals surface area contributed by atoms with E-state index in [1.807, 2.05) is 13.8 Å². The summed E-state index contributed by atoms with van der Waals surface area (Å²) in [7, 11) is 0. The summed E-state index contributed by atoms with van der Waals surface area (Å²) < 4.78 is 10.8. The van der Waals surface area contributed by atoms with Gasteiger partial charge in [0.05, 0.1) is 0 Å². The number of ether oxygens (including phenoxy) is 2. The third-order valence-electron chi connectivity index (χ3n) is 2.59. The number of hydrogen-bond donors (Lipinski definition) is 2. The van der Waals surface area contributed by atoms with Crippen LogP contribution in [0.25, 0.3) is 0 Å². The van der Waals surface area contributed by atoms with Crippen molar-refractivity contribution in [3.63, 3.8) is 0 Å². The molecule has 17 heavy (non-hydrogen) atoms. The second-order valence-electron chi connectivity index (χ2n) is 4.78. The molecule has 1 aromatic rings. The van der Waals surface area contributed by atoms with E-state index >= 15 is 0 Å². The van der Waals surface area contributed by atoms with E-state index in [1.54, 1.807) is 13.0 Å². The molecule has 0 amide bonds. The van der Waals surface area contributed by atoms with Crippen LogP contribution in [0.15, 0.2) is 10.9 Å². The first-order valence-corrected chi connectivity index (χ1v) is 5.72. The maximum atomic E-state index is 11.6. The molecule has 0 spiro atoms. The Morgan fingerprint density at radius 3 is 2.82 bits per heavy atom. The van der Waals surface area contributed by atoms with E-state index in [1.165, 1.54) is 0 Å². The van der Waals surface area contributed by atoms with Gasteiger partial charge in [-0.3, -0.25) is 4.79 Å². The third kappa shape index (κ3) is 2.44. The van der Waals surface area contributed by atoms with E-state index in [0.717, 1.165) is 0 Å². The molecule has 1 aliphatic rings. The van der Waals surface area contributed by atoms with Crippen LogP contribution in [0.3, 0.4) is 0 Å². The van der Waals surface area contributed by atoms with Gasteiger partial charge in [0, 0.05) is 11.8 Å². The fourth-order valence-corrected chi connectivity index (χ4v) is 1.86. The summed E-state index contributed by atoms with van der Waals surface area (Å²) in [5.74, 6) is 0.892. The van der Waals surface area contributed by atoms with Crippen molar-refractivity contribution in [2.45, 2.75) is 39.6 Å². The van der Waals surface area contributed by atoms with Crippen molar-refractivity contribution in [3.8, 4) is 11.5 Å². The number of aromatic nitrogens is 1. The number of aliphatic hydroxyl groups excluding tert-OH is 1. The minimum absolute atomic E-state index is 0.156. The molecule has 94 valence electrons. The van der Waals surface area contributed by atoms with Gasteiger partial charge in [-0.2, -0.15) is 0 Å². The summed E-state index contributed by atoms with van der Waals surface area (Å²) in [5.41, 5.74) is 0.385. The zero-order valence-corrected chi connectivity index (χ0v) is 10.2. The smallest absolute Gasteiger partial charge is 0.294 e. The number of aliphatic hydroxyl groups is 1. The average molecular weight is 239 g/mol. The number of aromatic amines is 1. The van der Waals surface area contributed by atoms with Crippen molar-refractivity contribution in [3.05, 3.63) is 22.1 Å². The van der Waals surface area contributed by atoms with Crippen molar-refractivity contribution >= 4 is 0 Å². The molecule has 2 unspecified atom stereocenters. The van der Waals surface area contributed by atoms with Crippen molar-refractivity contribution < 1.29 is 14.6 Å². The number of aryl methyl sites for hydroxylation is 1. The van der Waals surface area contributed by atoms with E-state index in [4.69, 9.17) is 9.47 Å². The van der Waals surface area contributed by atoms with Crippen LogP contribution in [0.4, 0.5) is 0 Å². The Balaban J connectivity index is 2.16. The Labute approximate surface area is 99.4 Å². The van der Waals surface area contributed by atoms with Gasteiger partial charge in [0.2, 0.25) is 5.75 Å². The Bertz CT molecular complexity index is 466. The number of fused-ring (bicyclic) bond motifs is 1. The quantitative estimate of drug-likeness (QED) is 0.831. The third-order valence-corrected chi connectivity index (χ3v) is 2.59. The van der Waals surface area contributed by atoms with Crippen molar-refractivity contribution in [1.82, 2.24) is 4.98 Å². The van der Waals surface area contributed by atoms with Gasteiger partial charge < -0.3 is 19.6 Å². The van der Waals surface area contributed by atoms with Crippen LogP contribution in [0.2, 0.25) is 0 Å². The minimum atomic E-state index is -0.782.